The van der Waals surface area contributed by atoms with Gasteiger partial charge >= 0.3 is 7.12 Å². The second-order valence-electron chi connectivity index (χ2n) is 6.81. The normalized spacial score (nSPS) is 19.1. The molecule has 0 aliphatic carbocycles. The molecule has 1 heterocycles. The van der Waals surface area contributed by atoms with Crippen molar-refractivity contribution in [3.8, 4) is 0 Å². The quantitative estimate of drug-likeness (QED) is 0.383. The highest BCUT2D eigenvalue weighted by molar-refractivity contribution is 6.65. The zero-order valence-corrected chi connectivity index (χ0v) is 13.8. The summed E-state index contributed by atoms with van der Waals surface area (Å²) in [7, 11) is -0.472. The van der Waals surface area contributed by atoms with Crippen LogP contribution in [0.15, 0.2) is 36.4 Å². The van der Waals surface area contributed by atoms with Gasteiger partial charge in [0.1, 0.15) is 0 Å². The van der Waals surface area contributed by atoms with E-state index < -0.39 is 18.3 Å². The summed E-state index contributed by atoms with van der Waals surface area (Å²) in [6.07, 6.45) is 0. The molecule has 2 aromatic rings. The maximum atomic E-state index is 12.0. The van der Waals surface area contributed by atoms with Crippen molar-refractivity contribution in [2.24, 2.45) is 5.84 Å². The van der Waals surface area contributed by atoms with Crippen LogP contribution < -0.4 is 16.7 Å². The fraction of sp³-hybridized carbons (Fsp3) is 0.353. The molecular weight excluding hydrogens is 291 g/mol. The molecule has 2 aromatic carbocycles. The van der Waals surface area contributed by atoms with Gasteiger partial charge in [-0.3, -0.25) is 10.2 Å². The summed E-state index contributed by atoms with van der Waals surface area (Å²) < 4.78 is 12.3. The highest BCUT2D eigenvalue weighted by Crippen LogP contribution is 2.37. The number of benzene rings is 2. The van der Waals surface area contributed by atoms with Gasteiger partial charge in [-0.05, 0) is 50.0 Å². The predicted molar refractivity (Wildman–Crippen MR) is 91.3 cm³/mol. The van der Waals surface area contributed by atoms with Crippen molar-refractivity contribution in [2.45, 2.75) is 38.9 Å². The van der Waals surface area contributed by atoms with E-state index in [2.05, 4.69) is 5.43 Å². The SMILES string of the molecule is CC1(C)OB(c2ccc(C(=O)NN)c3ccccc23)OC1(C)C. The Morgan fingerprint density at radius 3 is 2.13 bits per heavy atom. The molecule has 0 unspecified atom stereocenters. The average molecular weight is 312 g/mol. The number of nitrogens with one attached hydrogen (secondary N) is 1. The van der Waals surface area contributed by atoms with E-state index in [-0.39, 0.29) is 5.91 Å². The molecule has 3 rings (SSSR count). The minimum Gasteiger partial charge on any atom is -0.399 e. The van der Waals surface area contributed by atoms with Crippen LogP contribution in [-0.4, -0.2) is 24.2 Å². The third kappa shape index (κ3) is 2.53. The molecule has 0 spiro atoms. The first-order chi connectivity index (χ1) is 10.8. The van der Waals surface area contributed by atoms with E-state index in [0.29, 0.717) is 5.56 Å². The minimum absolute atomic E-state index is 0.318. The number of carbonyl (C=O) groups is 1. The largest absolute Gasteiger partial charge is 0.495 e. The Morgan fingerprint density at radius 1 is 1.00 bits per heavy atom. The average Bonchev–Trinajstić information content (AvgIpc) is 2.73. The lowest BCUT2D eigenvalue weighted by Gasteiger charge is -2.32. The van der Waals surface area contributed by atoms with Crippen molar-refractivity contribution in [3.63, 3.8) is 0 Å². The van der Waals surface area contributed by atoms with Gasteiger partial charge in [0.2, 0.25) is 0 Å². The minimum atomic E-state index is -0.472. The van der Waals surface area contributed by atoms with E-state index in [1.807, 2.05) is 58.0 Å². The van der Waals surface area contributed by atoms with E-state index >= 15 is 0 Å². The van der Waals surface area contributed by atoms with E-state index in [4.69, 9.17) is 15.2 Å². The number of amides is 1. The van der Waals surface area contributed by atoms with Gasteiger partial charge in [-0.25, -0.2) is 5.84 Å². The van der Waals surface area contributed by atoms with Crippen molar-refractivity contribution in [1.82, 2.24) is 5.43 Å². The van der Waals surface area contributed by atoms with Crippen LogP contribution in [-0.2, 0) is 9.31 Å². The number of hydrazine groups is 1. The molecule has 1 amide bonds. The maximum Gasteiger partial charge on any atom is 0.495 e. The molecule has 120 valence electrons. The molecule has 5 nitrogen and oxygen atoms in total. The second kappa shape index (κ2) is 5.34. The van der Waals surface area contributed by atoms with Crippen LogP contribution in [0.2, 0.25) is 0 Å². The lowest BCUT2D eigenvalue weighted by atomic mass is 9.75. The number of hydrogen-bond donors (Lipinski definition) is 2. The lowest BCUT2D eigenvalue weighted by molar-refractivity contribution is 0.00578. The highest BCUT2D eigenvalue weighted by atomic mass is 16.7. The van der Waals surface area contributed by atoms with Gasteiger partial charge in [0, 0.05) is 5.56 Å². The highest BCUT2D eigenvalue weighted by Gasteiger charge is 2.52. The summed E-state index contributed by atoms with van der Waals surface area (Å²) in [6.45, 7) is 8.08. The second-order valence-corrected chi connectivity index (χ2v) is 6.81. The smallest absolute Gasteiger partial charge is 0.399 e. The van der Waals surface area contributed by atoms with Gasteiger partial charge < -0.3 is 9.31 Å². The summed E-state index contributed by atoms with van der Waals surface area (Å²) in [5.74, 6) is 4.96. The molecule has 1 aliphatic rings. The molecule has 0 saturated carbocycles. The number of nitrogen functional groups attached to an aromatic ring is 1. The van der Waals surface area contributed by atoms with Gasteiger partial charge in [-0.1, -0.05) is 30.3 Å². The van der Waals surface area contributed by atoms with Crippen LogP contribution >= 0.6 is 0 Å². The van der Waals surface area contributed by atoms with Crippen LogP contribution in [0.4, 0.5) is 0 Å². The molecule has 0 atom stereocenters. The maximum absolute atomic E-state index is 12.0. The van der Waals surface area contributed by atoms with Gasteiger partial charge in [0.15, 0.2) is 0 Å². The number of hydrogen-bond acceptors (Lipinski definition) is 4. The standard InChI is InChI=1S/C17H21BN2O3/c1-16(2)17(3,4)23-18(22-16)14-10-9-13(15(21)20-19)11-7-5-6-8-12(11)14/h5-10H,19H2,1-4H3,(H,20,21). The number of carbonyl (C=O) groups excluding carboxylic acids is 1. The Hall–Kier alpha value is -1.89. The molecule has 1 saturated heterocycles. The van der Waals surface area contributed by atoms with Crippen molar-refractivity contribution in [2.75, 3.05) is 0 Å². The molecule has 3 N–H and O–H groups in total. The third-order valence-corrected chi connectivity index (χ3v) is 4.84. The predicted octanol–water partition coefficient (Wildman–Crippen LogP) is 1.74. The summed E-state index contributed by atoms with van der Waals surface area (Å²) in [6, 6.07) is 11.3. The first kappa shape index (κ1) is 16.0. The van der Waals surface area contributed by atoms with Gasteiger partial charge in [0.25, 0.3) is 5.91 Å². The van der Waals surface area contributed by atoms with E-state index in [0.717, 1.165) is 16.2 Å². The molecule has 23 heavy (non-hydrogen) atoms. The fourth-order valence-corrected chi connectivity index (χ4v) is 2.77. The van der Waals surface area contributed by atoms with E-state index in [9.17, 15) is 4.79 Å². The molecule has 6 heteroatoms. The van der Waals surface area contributed by atoms with Crippen LogP contribution in [0.5, 0.6) is 0 Å². The Morgan fingerprint density at radius 2 is 1.57 bits per heavy atom. The van der Waals surface area contributed by atoms with Crippen molar-refractivity contribution < 1.29 is 14.1 Å². The molecule has 0 radical (unpaired) electrons. The summed E-state index contributed by atoms with van der Waals surface area (Å²) in [4.78, 5) is 12.0. The summed E-state index contributed by atoms with van der Waals surface area (Å²) in [5, 5.41) is 1.75. The van der Waals surface area contributed by atoms with Crippen molar-refractivity contribution in [3.05, 3.63) is 42.0 Å². The molecule has 1 aliphatic heterocycles. The summed E-state index contributed by atoms with van der Waals surface area (Å²) >= 11 is 0. The third-order valence-electron chi connectivity index (χ3n) is 4.84. The first-order valence-corrected chi connectivity index (χ1v) is 7.65. The van der Waals surface area contributed by atoms with Crippen LogP contribution in [0.1, 0.15) is 38.1 Å². The molecule has 1 fully saturated rings. The fourth-order valence-electron chi connectivity index (χ4n) is 2.77. The lowest BCUT2D eigenvalue weighted by Crippen LogP contribution is -2.41. The number of fused-ring (bicyclic) bond motifs is 1. The molecule has 0 bridgehead atoms. The zero-order chi connectivity index (χ0) is 16.8. The Balaban J connectivity index is 2.13. The van der Waals surface area contributed by atoms with Gasteiger partial charge in [-0.15, -0.1) is 0 Å². The van der Waals surface area contributed by atoms with E-state index in [1.54, 1.807) is 6.07 Å². The van der Waals surface area contributed by atoms with Gasteiger partial charge in [0.05, 0.1) is 11.2 Å². The number of rotatable bonds is 2. The first-order valence-electron chi connectivity index (χ1n) is 7.65. The molecular formula is C17H21BN2O3. The Labute approximate surface area is 136 Å². The molecule has 0 aromatic heterocycles. The number of nitrogens with two attached hydrogens (primary N) is 1. The Kier molecular flexibility index (Phi) is 3.71. The van der Waals surface area contributed by atoms with Crippen LogP contribution in [0.25, 0.3) is 10.8 Å². The topological polar surface area (TPSA) is 73.6 Å². The Bertz CT molecular complexity index is 758. The van der Waals surface area contributed by atoms with Crippen LogP contribution in [0, 0.1) is 0 Å². The zero-order valence-electron chi connectivity index (χ0n) is 13.8. The van der Waals surface area contributed by atoms with Crippen molar-refractivity contribution in [1.29, 1.82) is 0 Å². The van der Waals surface area contributed by atoms with Crippen molar-refractivity contribution >= 4 is 29.3 Å². The van der Waals surface area contributed by atoms with Gasteiger partial charge in [-0.2, -0.15) is 0 Å². The summed E-state index contributed by atoms with van der Waals surface area (Å²) in [5.41, 5.74) is 2.81. The van der Waals surface area contributed by atoms with Crippen LogP contribution in [0.3, 0.4) is 0 Å². The monoisotopic (exact) mass is 312 g/mol. The van der Waals surface area contributed by atoms with E-state index in [1.165, 1.54) is 0 Å².